The minimum absolute atomic E-state index is 0.00953. The normalized spacial score (nSPS) is 20.0. The fourth-order valence-corrected chi connectivity index (χ4v) is 5.76. The Bertz CT molecular complexity index is 1330. The van der Waals surface area contributed by atoms with Crippen LogP contribution in [-0.4, -0.2) is 76.3 Å². The van der Waals surface area contributed by atoms with Crippen molar-refractivity contribution in [2.24, 2.45) is 11.0 Å². The number of fused-ring (bicyclic) bond motifs is 1. The van der Waals surface area contributed by atoms with Gasteiger partial charge < -0.3 is 23.7 Å². The Morgan fingerprint density at radius 2 is 1.66 bits per heavy atom. The van der Waals surface area contributed by atoms with Crippen molar-refractivity contribution in [3.05, 3.63) is 64.9 Å². The first-order valence-electron chi connectivity index (χ1n) is 14.0. The van der Waals surface area contributed by atoms with Gasteiger partial charge in [-0.1, -0.05) is 31.2 Å². The van der Waals surface area contributed by atoms with E-state index in [4.69, 9.17) is 28.8 Å². The Hall–Kier alpha value is -3.98. The number of hydrogen-bond donors (Lipinski definition) is 0. The molecular weight excluding hydrogens is 522 g/mol. The third-order valence-corrected chi connectivity index (χ3v) is 7.42. The fraction of sp³-hybridized carbons (Fsp3) is 0.438. The van der Waals surface area contributed by atoms with E-state index < -0.39 is 5.97 Å². The number of piperidine rings is 1. The highest BCUT2D eigenvalue weighted by atomic mass is 16.5. The maximum absolute atomic E-state index is 12.5. The number of benzene rings is 2. The first-order valence-corrected chi connectivity index (χ1v) is 14.0. The number of nitrogens with zero attached hydrogens (tertiary/aromatic N) is 3. The number of ether oxygens (including phenoxy) is 5. The molecule has 2 aliphatic heterocycles. The van der Waals surface area contributed by atoms with Crippen LogP contribution in [0.25, 0.3) is 6.08 Å². The lowest BCUT2D eigenvalue weighted by atomic mass is 9.82. The molecule has 0 radical (unpaired) electrons. The molecule has 2 aromatic rings. The largest absolute Gasteiger partial charge is 0.493 e. The lowest BCUT2D eigenvalue weighted by Gasteiger charge is -2.37. The van der Waals surface area contributed by atoms with E-state index in [0.717, 1.165) is 48.5 Å². The second kappa shape index (κ2) is 13.6. The molecule has 2 unspecified atom stereocenters. The van der Waals surface area contributed by atoms with Gasteiger partial charge in [-0.25, -0.2) is 4.79 Å². The Morgan fingerprint density at radius 1 is 0.976 bits per heavy atom. The SMILES string of the molecule is CCCN1C/C(=C/c2cccc(OC)c2OC)C2=NN(/C(C)=C/C(=O)OCC)C(c3cccc(OC)c3OC)C2C1. The maximum Gasteiger partial charge on any atom is 0.332 e. The standard InChI is InChI=1S/C32H41N3O6/c1-8-16-34-19-23(18-22-12-10-14-26(37-4)31(22)39-6)29-25(20-34)30(24-13-11-15-27(38-5)32(24)40-7)35(33-29)21(3)17-28(36)41-9-2/h10-15,17-18,25,30H,8-9,16,19-20H2,1-7H3/b21-17+,23-18-. The van der Waals surface area contributed by atoms with Crippen molar-refractivity contribution in [1.29, 1.82) is 0 Å². The Kier molecular flexibility index (Phi) is 9.94. The summed E-state index contributed by atoms with van der Waals surface area (Å²) in [7, 11) is 6.57. The van der Waals surface area contributed by atoms with Gasteiger partial charge in [0.05, 0.1) is 46.8 Å². The lowest BCUT2D eigenvalue weighted by Crippen LogP contribution is -2.44. The van der Waals surface area contributed by atoms with Gasteiger partial charge in [-0.15, -0.1) is 0 Å². The van der Waals surface area contributed by atoms with Crippen molar-refractivity contribution in [3.8, 4) is 23.0 Å². The van der Waals surface area contributed by atoms with Gasteiger partial charge in [0.2, 0.25) is 0 Å². The van der Waals surface area contributed by atoms with Crippen molar-refractivity contribution in [1.82, 2.24) is 9.91 Å². The van der Waals surface area contributed by atoms with Gasteiger partial charge in [0.15, 0.2) is 23.0 Å². The van der Waals surface area contributed by atoms with Crippen LogP contribution in [0.2, 0.25) is 0 Å². The average molecular weight is 564 g/mol. The van der Waals surface area contributed by atoms with Crippen molar-refractivity contribution in [3.63, 3.8) is 0 Å². The highest BCUT2D eigenvalue weighted by Gasteiger charge is 2.45. The minimum atomic E-state index is -0.402. The van der Waals surface area contributed by atoms with E-state index in [1.807, 2.05) is 48.3 Å². The van der Waals surface area contributed by atoms with Crippen LogP contribution in [0.1, 0.15) is 44.4 Å². The molecule has 0 N–H and O–H groups in total. The average Bonchev–Trinajstić information content (AvgIpc) is 3.36. The van der Waals surface area contributed by atoms with E-state index in [1.54, 1.807) is 35.4 Å². The monoisotopic (exact) mass is 563 g/mol. The molecule has 2 atom stereocenters. The number of hydrazone groups is 1. The number of para-hydroxylation sites is 2. The fourth-order valence-electron chi connectivity index (χ4n) is 5.76. The van der Waals surface area contributed by atoms with E-state index >= 15 is 0 Å². The van der Waals surface area contributed by atoms with Gasteiger partial charge in [0, 0.05) is 41.9 Å². The van der Waals surface area contributed by atoms with Crippen LogP contribution in [-0.2, 0) is 9.53 Å². The van der Waals surface area contributed by atoms with Crippen molar-refractivity contribution >= 4 is 17.8 Å². The number of likely N-dealkylation sites (tertiary alicyclic amines) is 1. The number of hydrogen-bond acceptors (Lipinski definition) is 9. The van der Waals surface area contributed by atoms with Gasteiger partial charge in [0.25, 0.3) is 0 Å². The molecule has 41 heavy (non-hydrogen) atoms. The number of carbonyl (C=O) groups is 1. The van der Waals surface area contributed by atoms with Crippen molar-refractivity contribution in [2.45, 2.75) is 33.2 Å². The van der Waals surface area contributed by atoms with Crippen LogP contribution in [0.5, 0.6) is 23.0 Å². The first-order chi connectivity index (χ1) is 19.9. The summed E-state index contributed by atoms with van der Waals surface area (Å²) in [6.07, 6.45) is 4.67. The van der Waals surface area contributed by atoms with E-state index in [1.165, 1.54) is 6.08 Å². The summed E-state index contributed by atoms with van der Waals surface area (Å²) in [5.74, 6) is 2.22. The first kappa shape index (κ1) is 30.0. The number of allylic oxidation sites excluding steroid dienone is 1. The smallest absolute Gasteiger partial charge is 0.332 e. The summed E-state index contributed by atoms with van der Waals surface area (Å²) in [6.45, 7) is 8.64. The van der Waals surface area contributed by atoms with E-state index in [0.29, 0.717) is 35.3 Å². The summed E-state index contributed by atoms with van der Waals surface area (Å²) in [4.78, 5) is 15.0. The predicted molar refractivity (Wildman–Crippen MR) is 160 cm³/mol. The third kappa shape index (κ3) is 6.20. The second-order valence-electron chi connectivity index (χ2n) is 9.99. The van der Waals surface area contributed by atoms with E-state index in [2.05, 4.69) is 17.9 Å². The summed E-state index contributed by atoms with van der Waals surface area (Å²) >= 11 is 0. The minimum Gasteiger partial charge on any atom is -0.493 e. The topological polar surface area (TPSA) is 82.1 Å². The predicted octanol–water partition coefficient (Wildman–Crippen LogP) is 5.33. The number of carbonyl (C=O) groups excluding carboxylic acids is 1. The zero-order chi connectivity index (χ0) is 29.5. The molecule has 0 amide bonds. The molecule has 0 spiro atoms. The van der Waals surface area contributed by atoms with E-state index in [9.17, 15) is 4.79 Å². The molecule has 9 nitrogen and oxygen atoms in total. The highest BCUT2D eigenvalue weighted by Crippen LogP contribution is 2.48. The quantitative estimate of drug-likeness (QED) is 0.268. The zero-order valence-electron chi connectivity index (χ0n) is 25.1. The van der Waals surface area contributed by atoms with Crippen molar-refractivity contribution in [2.75, 3.05) is 54.7 Å². The van der Waals surface area contributed by atoms with Gasteiger partial charge in [-0.2, -0.15) is 5.10 Å². The molecule has 4 rings (SSSR count). The van der Waals surface area contributed by atoms with Crippen LogP contribution in [0, 0.1) is 5.92 Å². The summed E-state index contributed by atoms with van der Waals surface area (Å²) in [5.41, 5.74) is 4.58. The summed E-state index contributed by atoms with van der Waals surface area (Å²) in [5, 5.41) is 7.12. The Morgan fingerprint density at radius 3 is 2.29 bits per heavy atom. The molecule has 2 heterocycles. The van der Waals surface area contributed by atoms with Crippen LogP contribution in [0.15, 0.2) is 58.8 Å². The number of esters is 1. The van der Waals surface area contributed by atoms with Gasteiger partial charge in [-0.05, 0) is 50.6 Å². The zero-order valence-corrected chi connectivity index (χ0v) is 25.1. The molecule has 2 aliphatic rings. The molecule has 220 valence electrons. The maximum atomic E-state index is 12.5. The molecular formula is C32H41N3O6. The van der Waals surface area contributed by atoms with Crippen molar-refractivity contribution < 1.29 is 28.5 Å². The van der Waals surface area contributed by atoms with Crippen LogP contribution < -0.4 is 18.9 Å². The molecule has 2 aromatic carbocycles. The van der Waals surface area contributed by atoms with Crippen LogP contribution in [0.4, 0.5) is 0 Å². The molecule has 0 aromatic heterocycles. The van der Waals surface area contributed by atoms with Crippen LogP contribution in [0.3, 0.4) is 0 Å². The number of methoxy groups -OCH3 is 4. The van der Waals surface area contributed by atoms with Gasteiger partial charge in [0.1, 0.15) is 0 Å². The second-order valence-corrected chi connectivity index (χ2v) is 9.99. The van der Waals surface area contributed by atoms with Gasteiger partial charge in [-0.3, -0.25) is 9.91 Å². The highest BCUT2D eigenvalue weighted by molar-refractivity contribution is 6.08. The molecule has 1 fully saturated rings. The number of rotatable bonds is 11. The molecule has 0 bridgehead atoms. The molecule has 1 saturated heterocycles. The van der Waals surface area contributed by atoms with Crippen LogP contribution >= 0.6 is 0 Å². The Labute approximate surface area is 243 Å². The van der Waals surface area contributed by atoms with E-state index in [-0.39, 0.29) is 12.0 Å². The summed E-state index contributed by atoms with van der Waals surface area (Å²) < 4.78 is 28.1. The van der Waals surface area contributed by atoms with Gasteiger partial charge >= 0.3 is 5.97 Å². The Balaban J connectivity index is 1.91. The molecule has 0 saturated carbocycles. The summed E-state index contributed by atoms with van der Waals surface area (Å²) in [6, 6.07) is 11.5. The molecule has 9 heteroatoms. The molecule has 0 aliphatic carbocycles. The lowest BCUT2D eigenvalue weighted by molar-refractivity contribution is -0.137. The third-order valence-electron chi connectivity index (χ3n) is 7.42.